The maximum Gasteiger partial charge on any atom is 0.240 e. The molecular weight excluding hydrogens is 336 g/mol. The van der Waals surface area contributed by atoms with Gasteiger partial charge >= 0.3 is 0 Å². The molecule has 1 aliphatic rings. The van der Waals surface area contributed by atoms with Crippen LogP contribution in [0.15, 0.2) is 28.4 Å². The van der Waals surface area contributed by atoms with Crippen molar-refractivity contribution in [1.29, 1.82) is 0 Å². The summed E-state index contributed by atoms with van der Waals surface area (Å²) in [5.74, 6) is -0.491. The van der Waals surface area contributed by atoms with E-state index in [1.165, 1.54) is 11.8 Å². The van der Waals surface area contributed by atoms with Gasteiger partial charge in [-0.15, -0.1) is 5.10 Å². The van der Waals surface area contributed by atoms with E-state index in [2.05, 4.69) is 20.8 Å². The number of carbonyl (C=O) groups is 2. The molecule has 1 heterocycles. The minimum atomic E-state index is -0.513. The topological polar surface area (TPSA) is 82.9 Å². The molecule has 0 radical (unpaired) electrons. The van der Waals surface area contributed by atoms with Gasteiger partial charge in [0.2, 0.25) is 11.8 Å². The number of hydrogen-bond donors (Lipinski definition) is 2. The molecule has 0 spiro atoms. The zero-order chi connectivity index (χ0) is 17.0. The lowest BCUT2D eigenvalue weighted by atomic mass is 10.2. The first-order chi connectivity index (χ1) is 10.8. The lowest BCUT2D eigenvalue weighted by molar-refractivity contribution is -0.122. The summed E-state index contributed by atoms with van der Waals surface area (Å²) in [5.41, 5.74) is 2.33. The van der Waals surface area contributed by atoms with Gasteiger partial charge in [0.1, 0.15) is 5.25 Å². The summed E-state index contributed by atoms with van der Waals surface area (Å²) in [5, 5.41) is 13.7. The van der Waals surface area contributed by atoms with Crippen LogP contribution in [-0.4, -0.2) is 27.9 Å². The van der Waals surface area contributed by atoms with Gasteiger partial charge < -0.3 is 10.6 Å². The van der Waals surface area contributed by atoms with Gasteiger partial charge in [-0.05, 0) is 38.5 Å². The Kier molecular flexibility index (Phi) is 5.79. The Hall–Kier alpha value is -1.86. The highest BCUT2D eigenvalue weighted by atomic mass is 35.5. The summed E-state index contributed by atoms with van der Waals surface area (Å²) >= 11 is 7.13. The van der Waals surface area contributed by atoms with E-state index < -0.39 is 5.25 Å². The Morgan fingerprint density at radius 3 is 2.87 bits per heavy atom. The van der Waals surface area contributed by atoms with E-state index >= 15 is 0 Å². The molecule has 122 valence electrons. The van der Waals surface area contributed by atoms with E-state index in [0.29, 0.717) is 15.9 Å². The summed E-state index contributed by atoms with van der Waals surface area (Å²) in [6, 6.07) is 5.26. The Bertz CT molecular complexity index is 699. The molecule has 8 heteroatoms. The van der Waals surface area contributed by atoms with E-state index in [0.717, 1.165) is 11.3 Å². The lowest BCUT2D eigenvalue weighted by Crippen LogP contribution is -2.28. The van der Waals surface area contributed by atoms with E-state index in [-0.39, 0.29) is 18.2 Å². The zero-order valence-corrected chi connectivity index (χ0v) is 14.6. The van der Waals surface area contributed by atoms with Crippen LogP contribution in [0, 0.1) is 6.92 Å². The number of benzene rings is 1. The number of thioether (sulfide) groups is 1. The molecule has 0 unspecified atom stereocenters. The Balaban J connectivity index is 1.98. The van der Waals surface area contributed by atoms with Gasteiger partial charge in [-0.2, -0.15) is 5.10 Å². The number of nitrogens with one attached hydrogen (secondary N) is 2. The third-order valence-electron chi connectivity index (χ3n) is 2.96. The van der Waals surface area contributed by atoms with Crippen molar-refractivity contribution < 1.29 is 9.59 Å². The van der Waals surface area contributed by atoms with Crippen molar-refractivity contribution in [3.05, 3.63) is 28.8 Å². The van der Waals surface area contributed by atoms with Gasteiger partial charge in [-0.3, -0.25) is 9.59 Å². The van der Waals surface area contributed by atoms with E-state index in [1.54, 1.807) is 12.1 Å². The van der Waals surface area contributed by atoms with Crippen molar-refractivity contribution >= 4 is 51.7 Å². The molecule has 1 fully saturated rings. The smallest absolute Gasteiger partial charge is 0.240 e. The lowest BCUT2D eigenvalue weighted by Gasteiger charge is -2.10. The summed E-state index contributed by atoms with van der Waals surface area (Å²) in [7, 11) is 0. The van der Waals surface area contributed by atoms with Gasteiger partial charge in [0.25, 0.3) is 0 Å². The van der Waals surface area contributed by atoms with E-state index in [9.17, 15) is 9.59 Å². The van der Waals surface area contributed by atoms with Crippen molar-refractivity contribution in [1.82, 2.24) is 5.32 Å². The second-order valence-corrected chi connectivity index (χ2v) is 6.89. The minimum absolute atomic E-state index is 0.0519. The number of amides is 2. The van der Waals surface area contributed by atoms with Crippen LogP contribution in [-0.2, 0) is 9.59 Å². The Morgan fingerprint density at radius 1 is 1.43 bits per heavy atom. The molecule has 0 aliphatic carbocycles. The second-order valence-electron chi connectivity index (χ2n) is 5.26. The van der Waals surface area contributed by atoms with Gasteiger partial charge in [0.05, 0.1) is 0 Å². The maximum atomic E-state index is 12.1. The number of carbonyl (C=O) groups excluding carboxylic acids is 2. The van der Waals surface area contributed by atoms with Crippen LogP contribution in [0.1, 0.15) is 25.8 Å². The van der Waals surface area contributed by atoms with Gasteiger partial charge in [0.15, 0.2) is 5.17 Å². The number of aryl methyl sites for hydroxylation is 1. The highest BCUT2D eigenvalue weighted by molar-refractivity contribution is 8.15. The molecule has 0 saturated carbocycles. The second kappa shape index (κ2) is 7.61. The number of rotatable bonds is 4. The maximum absolute atomic E-state index is 12.1. The van der Waals surface area contributed by atoms with Crippen molar-refractivity contribution in [3.63, 3.8) is 0 Å². The van der Waals surface area contributed by atoms with Crippen LogP contribution in [0.5, 0.6) is 0 Å². The summed E-state index contributed by atoms with van der Waals surface area (Å²) in [4.78, 5) is 24.0. The largest absolute Gasteiger partial charge is 0.326 e. The number of hydrogen-bond acceptors (Lipinski definition) is 5. The number of anilines is 1. The number of halogens is 1. The monoisotopic (exact) mass is 352 g/mol. The molecule has 2 N–H and O–H groups in total. The first-order valence-electron chi connectivity index (χ1n) is 6.97. The predicted molar refractivity (Wildman–Crippen MR) is 95.2 cm³/mol. The van der Waals surface area contributed by atoms with Crippen LogP contribution in [0.25, 0.3) is 0 Å². The third-order valence-corrected chi connectivity index (χ3v) is 4.27. The highest BCUT2D eigenvalue weighted by Gasteiger charge is 2.32. The fourth-order valence-electron chi connectivity index (χ4n) is 1.83. The molecule has 1 aliphatic heterocycles. The molecule has 2 amide bonds. The van der Waals surface area contributed by atoms with Gasteiger partial charge in [-0.25, -0.2) is 0 Å². The van der Waals surface area contributed by atoms with Gasteiger partial charge in [-0.1, -0.05) is 29.4 Å². The number of amidine groups is 1. The van der Waals surface area contributed by atoms with Crippen molar-refractivity contribution in [2.75, 3.05) is 5.32 Å². The van der Waals surface area contributed by atoms with E-state index in [1.807, 2.05) is 26.8 Å². The van der Waals surface area contributed by atoms with Crippen molar-refractivity contribution in [2.45, 2.75) is 32.4 Å². The first-order valence-corrected chi connectivity index (χ1v) is 8.23. The minimum Gasteiger partial charge on any atom is -0.326 e. The van der Waals surface area contributed by atoms with Crippen LogP contribution in [0.3, 0.4) is 0 Å². The normalized spacial score (nSPS) is 18.7. The molecule has 2 rings (SSSR count). The zero-order valence-electron chi connectivity index (χ0n) is 13.0. The summed E-state index contributed by atoms with van der Waals surface area (Å²) < 4.78 is 0. The predicted octanol–water partition coefficient (Wildman–Crippen LogP) is 2.96. The SMILES string of the molecule is CC(C)=N/N=C1\NC(=O)[C@@H](CC(=O)Nc2cc(Cl)ccc2C)S1. The standard InChI is InChI=1S/C15H17ClN4O2S/c1-8(2)19-20-15-18-14(22)12(23-15)7-13(21)17-11-6-10(16)5-4-9(11)3/h4-6,12H,7H2,1-3H3,(H,17,21)(H,18,20,22)/t12-/m1/s1. The van der Waals surface area contributed by atoms with E-state index in [4.69, 9.17) is 11.6 Å². The molecule has 1 atom stereocenters. The molecule has 6 nitrogen and oxygen atoms in total. The molecule has 23 heavy (non-hydrogen) atoms. The highest BCUT2D eigenvalue weighted by Crippen LogP contribution is 2.24. The molecule has 0 aromatic heterocycles. The molecule has 1 aromatic carbocycles. The quantitative estimate of drug-likeness (QED) is 0.645. The number of nitrogens with zero attached hydrogens (tertiary/aromatic N) is 2. The molecule has 1 aromatic rings. The van der Waals surface area contributed by atoms with Crippen molar-refractivity contribution in [3.8, 4) is 0 Å². The summed E-state index contributed by atoms with van der Waals surface area (Å²) in [6.45, 7) is 5.49. The van der Waals surface area contributed by atoms with Gasteiger partial charge in [0, 0.05) is 22.8 Å². The van der Waals surface area contributed by atoms with Crippen LogP contribution >= 0.6 is 23.4 Å². The fraction of sp³-hybridized carbons (Fsp3) is 0.333. The average Bonchev–Trinajstić information content (AvgIpc) is 2.81. The third kappa shape index (κ3) is 5.07. The fourth-order valence-corrected chi connectivity index (χ4v) is 2.92. The first kappa shape index (κ1) is 17.5. The van der Waals surface area contributed by atoms with Crippen LogP contribution in [0.2, 0.25) is 5.02 Å². The summed E-state index contributed by atoms with van der Waals surface area (Å²) in [6.07, 6.45) is 0.0519. The van der Waals surface area contributed by atoms with Crippen molar-refractivity contribution in [2.24, 2.45) is 10.2 Å². The molecule has 0 bridgehead atoms. The average molecular weight is 353 g/mol. The Labute approximate surface area is 143 Å². The van der Waals surface area contributed by atoms with Crippen LogP contribution in [0.4, 0.5) is 5.69 Å². The molecule has 1 saturated heterocycles. The molecular formula is C15H17ClN4O2S. The Morgan fingerprint density at radius 2 is 2.17 bits per heavy atom. The van der Waals surface area contributed by atoms with Crippen LogP contribution < -0.4 is 10.6 Å².